The van der Waals surface area contributed by atoms with Crippen LogP contribution in [0.5, 0.6) is 5.75 Å². The highest BCUT2D eigenvalue weighted by Gasteiger charge is 2.30. The smallest absolute Gasteiger partial charge is 0.416 e. The molecule has 4 aromatic rings. The van der Waals surface area contributed by atoms with Gasteiger partial charge in [0.1, 0.15) is 18.4 Å². The van der Waals surface area contributed by atoms with Crippen LogP contribution in [0.25, 0.3) is 10.9 Å². The Balaban J connectivity index is 1.59. The van der Waals surface area contributed by atoms with Gasteiger partial charge >= 0.3 is 12.1 Å². The third kappa shape index (κ3) is 7.41. The second-order valence-corrected chi connectivity index (χ2v) is 11.2. The summed E-state index contributed by atoms with van der Waals surface area (Å²) in [4.78, 5) is 12.0. The number of hydrogen-bond acceptors (Lipinski definition) is 4. The predicted octanol–water partition coefficient (Wildman–Crippen LogP) is 5.74. The Morgan fingerprint density at radius 3 is 2.39 bits per heavy atom. The second-order valence-electron chi connectivity index (χ2n) is 9.04. The molecule has 7 nitrogen and oxygen atoms in total. The summed E-state index contributed by atoms with van der Waals surface area (Å²) >= 11 is 6.20. The number of alkyl halides is 3. The van der Waals surface area contributed by atoms with Gasteiger partial charge in [0.25, 0.3) is 0 Å². The zero-order valence-electron chi connectivity index (χ0n) is 21.6. The number of benzene rings is 3. The number of hydrogen-bond donors (Lipinski definition) is 2. The lowest BCUT2D eigenvalue weighted by Crippen LogP contribution is -2.42. The maximum atomic E-state index is 13.0. The van der Waals surface area contributed by atoms with E-state index in [0.717, 1.165) is 12.1 Å². The Bertz CT molecular complexity index is 1720. The van der Waals surface area contributed by atoms with Crippen LogP contribution in [0.3, 0.4) is 0 Å². The van der Waals surface area contributed by atoms with Crippen LogP contribution in [0, 0.1) is 11.8 Å². The number of aliphatic carboxylic acids is 1. The van der Waals surface area contributed by atoms with Gasteiger partial charge in [-0.15, -0.1) is 5.92 Å². The number of sulfonamides is 1. The quantitative estimate of drug-likeness (QED) is 0.225. The number of nitrogens with one attached hydrogen (secondary N) is 1. The van der Waals surface area contributed by atoms with Gasteiger partial charge in [-0.1, -0.05) is 29.7 Å². The van der Waals surface area contributed by atoms with Crippen molar-refractivity contribution in [1.82, 2.24) is 9.29 Å². The maximum Gasteiger partial charge on any atom is 0.416 e. The van der Waals surface area contributed by atoms with Crippen LogP contribution in [0.15, 0.2) is 77.8 Å². The minimum atomic E-state index is -4.46. The molecule has 1 unspecified atom stereocenters. The van der Waals surface area contributed by atoms with Crippen LogP contribution in [-0.2, 0) is 34.0 Å². The first-order valence-electron chi connectivity index (χ1n) is 12.2. The Labute approximate surface area is 239 Å². The number of carboxylic acids is 1. The fraction of sp³-hybridized carbons (Fsp3) is 0.207. The minimum Gasteiger partial charge on any atom is -0.481 e. The van der Waals surface area contributed by atoms with E-state index in [2.05, 4.69) is 16.6 Å². The van der Waals surface area contributed by atoms with E-state index < -0.39 is 33.8 Å². The number of carboxylic acid groups (broad SMARTS) is 1. The van der Waals surface area contributed by atoms with Gasteiger partial charge in [0.15, 0.2) is 0 Å². The molecule has 0 bridgehead atoms. The molecule has 0 fully saturated rings. The van der Waals surface area contributed by atoms with E-state index >= 15 is 0 Å². The maximum absolute atomic E-state index is 13.0. The number of carbonyl (C=O) groups is 1. The Hall–Kier alpha value is -3.98. The molecule has 1 atom stereocenters. The van der Waals surface area contributed by atoms with Gasteiger partial charge in [0.2, 0.25) is 10.0 Å². The van der Waals surface area contributed by atoms with Crippen LogP contribution >= 0.6 is 11.6 Å². The number of rotatable bonds is 10. The molecule has 0 saturated heterocycles. The summed E-state index contributed by atoms with van der Waals surface area (Å²) in [7, 11) is -4.23. The van der Waals surface area contributed by atoms with E-state index in [1.165, 1.54) is 36.4 Å². The average molecular weight is 605 g/mol. The van der Waals surface area contributed by atoms with Crippen molar-refractivity contribution in [2.24, 2.45) is 0 Å². The summed E-state index contributed by atoms with van der Waals surface area (Å²) in [5.41, 5.74) is 0.960. The summed E-state index contributed by atoms with van der Waals surface area (Å²) in [6.07, 6.45) is -3.03. The van der Waals surface area contributed by atoms with Crippen molar-refractivity contribution in [3.8, 4) is 17.6 Å². The van der Waals surface area contributed by atoms with E-state index in [9.17, 15) is 31.5 Å². The van der Waals surface area contributed by atoms with Crippen LogP contribution < -0.4 is 9.46 Å². The summed E-state index contributed by atoms with van der Waals surface area (Å²) in [6, 6.07) is 13.6. The molecule has 0 aliphatic carbocycles. The molecule has 4 rings (SSSR count). The summed E-state index contributed by atoms with van der Waals surface area (Å²) in [5, 5.41) is 10.9. The van der Waals surface area contributed by atoms with E-state index in [1.54, 1.807) is 35.9 Å². The molecule has 0 saturated carbocycles. The van der Waals surface area contributed by atoms with Crippen molar-refractivity contribution in [2.45, 2.75) is 37.0 Å². The topological polar surface area (TPSA) is 97.6 Å². The minimum absolute atomic E-state index is 0.137. The van der Waals surface area contributed by atoms with Gasteiger partial charge in [-0.2, -0.15) is 17.9 Å². The molecule has 0 aliphatic heterocycles. The third-order valence-corrected chi connectivity index (χ3v) is 7.92. The number of ether oxygens (including phenoxy) is 1. The number of aromatic nitrogens is 1. The molecule has 0 amide bonds. The molecular weight excluding hydrogens is 581 g/mol. The van der Waals surface area contributed by atoms with Gasteiger partial charge in [0.05, 0.1) is 10.5 Å². The third-order valence-electron chi connectivity index (χ3n) is 6.20. The van der Waals surface area contributed by atoms with Crippen molar-refractivity contribution in [2.75, 3.05) is 6.61 Å². The summed E-state index contributed by atoms with van der Waals surface area (Å²) in [6.45, 7) is 1.99. The summed E-state index contributed by atoms with van der Waals surface area (Å²) in [5.74, 6) is 4.41. The van der Waals surface area contributed by atoms with E-state index in [0.29, 0.717) is 32.8 Å². The van der Waals surface area contributed by atoms with Crippen molar-refractivity contribution < 1.29 is 36.2 Å². The average Bonchev–Trinajstić information content (AvgIpc) is 3.24. The monoisotopic (exact) mass is 604 g/mol. The lowest BCUT2D eigenvalue weighted by atomic mass is 10.1. The normalized spacial score (nSPS) is 12.5. The fourth-order valence-corrected chi connectivity index (χ4v) is 5.55. The fourth-order valence-electron chi connectivity index (χ4n) is 4.19. The Morgan fingerprint density at radius 1 is 1.10 bits per heavy atom. The number of fused-ring (bicyclic) bond motifs is 1. The zero-order valence-corrected chi connectivity index (χ0v) is 23.1. The molecular formula is C29H24ClF3N2O5S. The van der Waals surface area contributed by atoms with E-state index in [4.69, 9.17) is 16.3 Å². The van der Waals surface area contributed by atoms with Crippen molar-refractivity contribution in [3.05, 3.63) is 94.6 Å². The van der Waals surface area contributed by atoms with Gasteiger partial charge in [-0.3, -0.25) is 4.79 Å². The van der Waals surface area contributed by atoms with E-state index in [-0.39, 0.29) is 24.5 Å². The lowest BCUT2D eigenvalue weighted by molar-refractivity contribution is -0.139. The zero-order chi connectivity index (χ0) is 29.8. The molecule has 0 radical (unpaired) electrons. The molecule has 1 heterocycles. The highest BCUT2D eigenvalue weighted by atomic mass is 35.5. The molecule has 3 aromatic carbocycles. The molecule has 0 spiro atoms. The summed E-state index contributed by atoms with van der Waals surface area (Å²) < 4.78 is 74.3. The number of halogens is 4. The molecule has 0 aliphatic rings. The van der Waals surface area contributed by atoms with E-state index in [1.807, 2.05) is 0 Å². The highest BCUT2D eigenvalue weighted by molar-refractivity contribution is 7.89. The van der Waals surface area contributed by atoms with Gasteiger partial charge in [-0.25, -0.2) is 8.42 Å². The Kier molecular flexibility index (Phi) is 8.97. The Morgan fingerprint density at radius 2 is 1.78 bits per heavy atom. The molecule has 1 aromatic heterocycles. The first-order valence-corrected chi connectivity index (χ1v) is 14.0. The lowest BCUT2D eigenvalue weighted by Gasteiger charge is -2.15. The van der Waals surface area contributed by atoms with Gasteiger partial charge in [0, 0.05) is 35.1 Å². The highest BCUT2D eigenvalue weighted by Crippen LogP contribution is 2.30. The SMILES string of the molecule is CC#CCOc1ccc(S(=O)(=O)NC(Cc2cn(Cc3ccc(C(F)(F)F)cc3)c3ccc(Cl)cc23)C(=O)O)cc1. The van der Waals surface area contributed by atoms with Crippen molar-refractivity contribution >= 4 is 38.5 Å². The first-order chi connectivity index (χ1) is 19.4. The first kappa shape index (κ1) is 30.0. The number of nitrogens with zero attached hydrogens (tertiary/aromatic N) is 1. The predicted molar refractivity (Wildman–Crippen MR) is 148 cm³/mol. The molecule has 41 heavy (non-hydrogen) atoms. The van der Waals surface area contributed by atoms with Crippen molar-refractivity contribution in [1.29, 1.82) is 0 Å². The standard InChI is InChI=1S/C29H24ClF3N2O5S/c1-2-3-14-40-23-9-11-24(12-10-23)41(38,39)34-26(28(36)37)15-20-18-35(27-13-8-22(30)16-25(20)27)17-19-4-6-21(7-5-19)29(31,32)33/h4-13,16,18,26,34H,14-15,17H2,1H3,(H,36,37). The van der Waals surface area contributed by atoms with Crippen LogP contribution in [0.4, 0.5) is 13.2 Å². The largest absolute Gasteiger partial charge is 0.481 e. The van der Waals surface area contributed by atoms with Crippen molar-refractivity contribution in [3.63, 3.8) is 0 Å². The molecule has 2 N–H and O–H groups in total. The molecule has 214 valence electrons. The van der Waals surface area contributed by atoms with Crippen LogP contribution in [0.2, 0.25) is 5.02 Å². The molecule has 12 heteroatoms. The van der Waals surface area contributed by atoms with Crippen LogP contribution in [0.1, 0.15) is 23.6 Å². The van der Waals surface area contributed by atoms with Crippen LogP contribution in [-0.4, -0.2) is 36.7 Å². The second kappa shape index (κ2) is 12.3. The van der Waals surface area contributed by atoms with Gasteiger partial charge < -0.3 is 14.4 Å². The van der Waals surface area contributed by atoms with Gasteiger partial charge in [-0.05, 0) is 72.6 Å².